The summed E-state index contributed by atoms with van der Waals surface area (Å²) in [5.41, 5.74) is 3.51. The second-order valence-electron chi connectivity index (χ2n) is 6.23. The van der Waals surface area contributed by atoms with Crippen molar-refractivity contribution in [1.82, 2.24) is 0 Å². The molecule has 2 aromatic carbocycles. The van der Waals surface area contributed by atoms with Gasteiger partial charge in [0.1, 0.15) is 6.04 Å². The minimum Gasteiger partial charge on any atom is -0.333 e. The Morgan fingerprint density at radius 2 is 1.96 bits per heavy atom. The third kappa shape index (κ3) is 3.41. The average Bonchev–Trinajstić information content (AvgIpc) is 2.88. The molecule has 0 aliphatic carbocycles. The molecule has 0 aromatic heterocycles. The number of para-hydroxylation sites is 1. The van der Waals surface area contributed by atoms with Crippen LogP contribution in [0.1, 0.15) is 31.0 Å². The van der Waals surface area contributed by atoms with Gasteiger partial charge in [0.05, 0.1) is 0 Å². The van der Waals surface area contributed by atoms with Gasteiger partial charge in [-0.3, -0.25) is 4.79 Å². The van der Waals surface area contributed by atoms with Gasteiger partial charge in [0.15, 0.2) is 6.54 Å². The van der Waals surface area contributed by atoms with Gasteiger partial charge in [-0.05, 0) is 44.0 Å². The number of halogens is 1. The van der Waals surface area contributed by atoms with Crippen molar-refractivity contribution in [2.24, 2.45) is 0 Å². The number of hydrogen-bond acceptors (Lipinski definition) is 1. The summed E-state index contributed by atoms with van der Waals surface area (Å²) in [5.74, 6) is 0.170. The molecule has 2 aromatic rings. The van der Waals surface area contributed by atoms with E-state index in [1.807, 2.05) is 47.4 Å². The van der Waals surface area contributed by atoms with Crippen molar-refractivity contribution in [2.75, 3.05) is 11.4 Å². The van der Waals surface area contributed by atoms with E-state index in [1.165, 1.54) is 11.1 Å². The highest BCUT2D eigenvalue weighted by molar-refractivity contribution is 6.30. The van der Waals surface area contributed by atoms with E-state index in [0.29, 0.717) is 6.54 Å². The molecule has 0 saturated carbocycles. The van der Waals surface area contributed by atoms with Crippen LogP contribution in [0.15, 0.2) is 48.5 Å². The average molecular weight is 330 g/mol. The first-order chi connectivity index (χ1) is 11.1. The van der Waals surface area contributed by atoms with Gasteiger partial charge >= 0.3 is 0 Å². The largest absolute Gasteiger partial charge is 0.333 e. The van der Waals surface area contributed by atoms with E-state index in [2.05, 4.69) is 25.2 Å². The van der Waals surface area contributed by atoms with Gasteiger partial charge in [-0.25, -0.2) is 0 Å². The fourth-order valence-electron chi connectivity index (χ4n) is 3.22. The molecule has 0 radical (unpaired) electrons. The van der Waals surface area contributed by atoms with Gasteiger partial charge in [-0.1, -0.05) is 41.9 Å². The summed E-state index contributed by atoms with van der Waals surface area (Å²) in [6.07, 6.45) is 0.939. The Morgan fingerprint density at radius 3 is 2.70 bits per heavy atom. The quantitative estimate of drug-likeness (QED) is 0.920. The number of rotatable bonds is 4. The van der Waals surface area contributed by atoms with Gasteiger partial charge in [0, 0.05) is 22.3 Å². The number of anilines is 1. The Morgan fingerprint density at radius 1 is 1.26 bits per heavy atom. The first-order valence-electron chi connectivity index (χ1n) is 8.05. The highest BCUT2D eigenvalue weighted by atomic mass is 35.5. The van der Waals surface area contributed by atoms with E-state index in [9.17, 15) is 4.79 Å². The van der Waals surface area contributed by atoms with Crippen molar-refractivity contribution in [1.29, 1.82) is 0 Å². The van der Waals surface area contributed by atoms with Gasteiger partial charge in [-0.15, -0.1) is 0 Å². The lowest BCUT2D eigenvalue weighted by Gasteiger charge is -2.22. The van der Waals surface area contributed by atoms with Crippen molar-refractivity contribution in [3.05, 3.63) is 64.7 Å². The number of fused-ring (bicyclic) bond motifs is 1. The Labute approximate surface area is 142 Å². The lowest BCUT2D eigenvalue weighted by molar-refractivity contribution is -0.682. The summed E-state index contributed by atoms with van der Waals surface area (Å²) in [4.78, 5) is 14.6. The van der Waals surface area contributed by atoms with Crippen LogP contribution in [0.25, 0.3) is 0 Å². The monoisotopic (exact) mass is 329 g/mol. The Kier molecular flexibility index (Phi) is 4.69. The number of hydrogen-bond donors (Lipinski definition) is 1. The van der Waals surface area contributed by atoms with Crippen LogP contribution in [-0.4, -0.2) is 18.5 Å². The summed E-state index contributed by atoms with van der Waals surface area (Å²) in [6.45, 7) is 4.67. The fourth-order valence-corrected chi connectivity index (χ4v) is 3.35. The van der Waals surface area contributed by atoms with Gasteiger partial charge in [-0.2, -0.15) is 0 Å². The van der Waals surface area contributed by atoms with E-state index in [-0.39, 0.29) is 18.0 Å². The van der Waals surface area contributed by atoms with Gasteiger partial charge < -0.3 is 10.2 Å². The Hall–Kier alpha value is -1.84. The molecule has 0 spiro atoms. The maximum absolute atomic E-state index is 12.7. The van der Waals surface area contributed by atoms with Crippen molar-refractivity contribution >= 4 is 23.2 Å². The van der Waals surface area contributed by atoms with Crippen LogP contribution in [0.3, 0.4) is 0 Å². The minimum absolute atomic E-state index is 0.170. The molecule has 3 rings (SSSR count). The van der Waals surface area contributed by atoms with E-state index >= 15 is 0 Å². The van der Waals surface area contributed by atoms with E-state index in [4.69, 9.17) is 11.6 Å². The molecule has 3 nitrogen and oxygen atoms in total. The summed E-state index contributed by atoms with van der Waals surface area (Å²) in [5, 5.41) is 2.82. The predicted molar refractivity (Wildman–Crippen MR) is 93.8 cm³/mol. The first-order valence-corrected chi connectivity index (χ1v) is 8.43. The van der Waals surface area contributed by atoms with Crippen LogP contribution >= 0.6 is 11.6 Å². The highest BCUT2D eigenvalue weighted by Gasteiger charge is 2.31. The van der Waals surface area contributed by atoms with Crippen LogP contribution < -0.4 is 10.2 Å². The molecule has 1 heterocycles. The van der Waals surface area contributed by atoms with Crippen molar-refractivity contribution in [3.8, 4) is 0 Å². The SMILES string of the molecule is C[C@@H]1Cc2ccccc2N1C(=O)C[NH2+][C@H](C)c1ccc(Cl)cc1. The second-order valence-corrected chi connectivity index (χ2v) is 6.66. The van der Waals surface area contributed by atoms with E-state index < -0.39 is 0 Å². The fraction of sp³-hybridized carbons (Fsp3) is 0.316. The van der Waals surface area contributed by atoms with Crippen molar-refractivity contribution < 1.29 is 10.1 Å². The standard InChI is InChI=1S/C19H21ClN2O/c1-13-11-16-5-3-4-6-18(16)22(13)19(23)12-21-14(2)15-7-9-17(20)10-8-15/h3-10,13-14,21H,11-12H2,1-2H3/p+1/t13-,14-/m1/s1. The maximum Gasteiger partial charge on any atom is 0.282 e. The molecule has 0 unspecified atom stereocenters. The number of amides is 1. The zero-order valence-corrected chi connectivity index (χ0v) is 14.3. The number of quaternary nitrogens is 1. The first kappa shape index (κ1) is 16.0. The molecule has 120 valence electrons. The molecule has 4 heteroatoms. The molecule has 1 amide bonds. The molecule has 1 aliphatic rings. The summed E-state index contributed by atoms with van der Waals surface area (Å²) >= 11 is 5.92. The highest BCUT2D eigenvalue weighted by Crippen LogP contribution is 2.31. The number of carbonyl (C=O) groups excluding carboxylic acids is 1. The number of nitrogens with zero attached hydrogens (tertiary/aromatic N) is 1. The van der Waals surface area contributed by atoms with Crippen LogP contribution in [0.2, 0.25) is 5.02 Å². The lowest BCUT2D eigenvalue weighted by atomic mass is 10.1. The van der Waals surface area contributed by atoms with Crippen LogP contribution in [0.5, 0.6) is 0 Å². The lowest BCUT2D eigenvalue weighted by Crippen LogP contribution is -2.87. The molecule has 2 N–H and O–H groups in total. The van der Waals surface area contributed by atoms with Crippen LogP contribution in [-0.2, 0) is 11.2 Å². The third-order valence-corrected chi connectivity index (χ3v) is 4.77. The summed E-state index contributed by atoms with van der Waals surface area (Å²) in [7, 11) is 0. The predicted octanol–water partition coefficient (Wildman–Crippen LogP) is 2.94. The molecule has 0 fully saturated rings. The number of nitrogens with two attached hydrogens (primary N) is 1. The Balaban J connectivity index is 1.64. The zero-order valence-electron chi connectivity index (χ0n) is 13.5. The number of benzene rings is 2. The number of carbonyl (C=O) groups is 1. The topological polar surface area (TPSA) is 36.9 Å². The molecule has 0 bridgehead atoms. The van der Waals surface area contributed by atoms with Gasteiger partial charge in [0.2, 0.25) is 0 Å². The smallest absolute Gasteiger partial charge is 0.282 e. The molecule has 2 atom stereocenters. The molecular formula is C19H22ClN2O+. The zero-order chi connectivity index (χ0) is 16.4. The normalized spacial score (nSPS) is 17.9. The summed E-state index contributed by atoms with van der Waals surface area (Å²) < 4.78 is 0. The minimum atomic E-state index is 0.170. The second kappa shape index (κ2) is 6.73. The van der Waals surface area contributed by atoms with Gasteiger partial charge in [0.25, 0.3) is 5.91 Å². The van der Waals surface area contributed by atoms with Crippen LogP contribution in [0, 0.1) is 0 Å². The van der Waals surface area contributed by atoms with Crippen molar-refractivity contribution in [3.63, 3.8) is 0 Å². The molecule has 0 saturated heterocycles. The van der Waals surface area contributed by atoms with E-state index in [0.717, 1.165) is 17.1 Å². The molecule has 23 heavy (non-hydrogen) atoms. The van der Waals surface area contributed by atoms with E-state index in [1.54, 1.807) is 0 Å². The van der Waals surface area contributed by atoms with Crippen molar-refractivity contribution in [2.45, 2.75) is 32.4 Å². The maximum atomic E-state index is 12.7. The Bertz CT molecular complexity index is 699. The molecular weight excluding hydrogens is 308 g/mol. The molecule has 1 aliphatic heterocycles. The summed E-state index contributed by atoms with van der Waals surface area (Å²) in [6, 6.07) is 16.5. The van der Waals surface area contributed by atoms with Crippen LogP contribution in [0.4, 0.5) is 5.69 Å². The third-order valence-electron chi connectivity index (χ3n) is 4.52.